The molecule has 0 fully saturated rings. The molecule has 1 unspecified atom stereocenters. The smallest absolute Gasteiger partial charge is 0.210 e. The summed E-state index contributed by atoms with van der Waals surface area (Å²) >= 11 is 1.67. The maximum Gasteiger partial charge on any atom is 0.210 e. The Morgan fingerprint density at radius 3 is 3.25 bits per heavy atom. The fourth-order valence-electron chi connectivity index (χ4n) is 1.71. The molecule has 0 bridgehead atoms. The molecule has 0 amide bonds. The normalized spacial score (nSPS) is 18.7. The van der Waals surface area contributed by atoms with Gasteiger partial charge in [-0.1, -0.05) is 11.8 Å². The molecular formula is C9H9N5OS. The summed E-state index contributed by atoms with van der Waals surface area (Å²) in [5, 5.41) is 20.2. The zero-order chi connectivity index (χ0) is 11.1. The van der Waals surface area contributed by atoms with Crippen molar-refractivity contribution in [2.75, 3.05) is 5.75 Å². The second kappa shape index (κ2) is 3.44. The van der Waals surface area contributed by atoms with Crippen molar-refractivity contribution in [1.82, 2.24) is 19.7 Å². The number of nitrogens with zero attached hydrogens (tertiary/aromatic N) is 5. The van der Waals surface area contributed by atoms with Crippen LogP contribution in [0, 0.1) is 5.21 Å². The zero-order valence-corrected chi connectivity index (χ0v) is 9.39. The van der Waals surface area contributed by atoms with Crippen molar-refractivity contribution in [3.63, 3.8) is 0 Å². The summed E-state index contributed by atoms with van der Waals surface area (Å²) in [7, 11) is 0. The lowest BCUT2D eigenvalue weighted by Gasteiger charge is -2.07. The van der Waals surface area contributed by atoms with Gasteiger partial charge in [-0.15, -0.1) is 10.2 Å². The van der Waals surface area contributed by atoms with E-state index in [1.54, 1.807) is 11.8 Å². The average Bonchev–Trinajstić information content (AvgIpc) is 2.82. The van der Waals surface area contributed by atoms with Crippen LogP contribution in [0.3, 0.4) is 0 Å². The van der Waals surface area contributed by atoms with E-state index in [0.29, 0.717) is 17.6 Å². The van der Waals surface area contributed by atoms with Gasteiger partial charge in [-0.3, -0.25) is 4.57 Å². The first-order valence-corrected chi connectivity index (χ1v) is 5.87. The van der Waals surface area contributed by atoms with Crippen molar-refractivity contribution in [3.8, 4) is 11.5 Å². The molecule has 1 aliphatic heterocycles. The standard InChI is InChI=1S/C9H9N5OS/c1-6-5-16-9-12-11-8(14(6)9)7-4-13(15)3-2-10-7/h2-4,6H,5H2,1H3. The van der Waals surface area contributed by atoms with E-state index in [4.69, 9.17) is 0 Å². The van der Waals surface area contributed by atoms with Gasteiger partial charge in [-0.2, -0.15) is 4.73 Å². The molecule has 0 radical (unpaired) electrons. The SMILES string of the molecule is CC1CSc2nnc(-c3c[n+]([O-])ccn3)n21. The maximum absolute atomic E-state index is 11.2. The van der Waals surface area contributed by atoms with Crippen LogP contribution in [0.2, 0.25) is 0 Å². The molecule has 3 rings (SSSR count). The lowest BCUT2D eigenvalue weighted by molar-refractivity contribution is -0.605. The minimum atomic E-state index is 0.340. The highest BCUT2D eigenvalue weighted by Crippen LogP contribution is 2.34. The zero-order valence-electron chi connectivity index (χ0n) is 8.57. The van der Waals surface area contributed by atoms with E-state index in [2.05, 4.69) is 22.1 Å². The summed E-state index contributed by atoms with van der Waals surface area (Å²) in [5.74, 6) is 1.65. The van der Waals surface area contributed by atoms with E-state index in [9.17, 15) is 5.21 Å². The largest absolute Gasteiger partial charge is 0.619 e. The van der Waals surface area contributed by atoms with Crippen LogP contribution in [0.4, 0.5) is 0 Å². The summed E-state index contributed by atoms with van der Waals surface area (Å²) < 4.78 is 2.74. The topological polar surface area (TPSA) is 70.5 Å². The summed E-state index contributed by atoms with van der Waals surface area (Å²) in [5.41, 5.74) is 0.561. The Kier molecular flexibility index (Phi) is 2.06. The predicted octanol–water partition coefficient (Wildman–Crippen LogP) is 0.640. The molecule has 2 aromatic heterocycles. The Balaban J connectivity index is 2.14. The van der Waals surface area contributed by atoms with Gasteiger partial charge in [0.1, 0.15) is 0 Å². The molecular weight excluding hydrogens is 226 g/mol. The Bertz CT molecular complexity index is 540. The minimum Gasteiger partial charge on any atom is -0.619 e. The van der Waals surface area contributed by atoms with E-state index < -0.39 is 0 Å². The summed E-state index contributed by atoms with van der Waals surface area (Å²) in [6.45, 7) is 2.10. The third-order valence-electron chi connectivity index (χ3n) is 2.46. The Hall–Kier alpha value is -1.63. The van der Waals surface area contributed by atoms with Crippen molar-refractivity contribution in [2.45, 2.75) is 18.1 Å². The molecule has 0 spiro atoms. The van der Waals surface area contributed by atoms with E-state index in [0.717, 1.165) is 15.6 Å². The van der Waals surface area contributed by atoms with Crippen LogP contribution in [-0.2, 0) is 0 Å². The van der Waals surface area contributed by atoms with Gasteiger partial charge in [0.15, 0.2) is 22.9 Å². The number of aromatic nitrogens is 5. The van der Waals surface area contributed by atoms with Crippen LogP contribution >= 0.6 is 11.8 Å². The van der Waals surface area contributed by atoms with Gasteiger partial charge >= 0.3 is 0 Å². The monoisotopic (exact) mass is 235 g/mol. The van der Waals surface area contributed by atoms with Crippen LogP contribution in [0.5, 0.6) is 0 Å². The molecule has 2 aromatic rings. The first-order chi connectivity index (χ1) is 7.75. The fraction of sp³-hybridized carbons (Fsp3) is 0.333. The molecule has 1 aliphatic rings. The minimum absolute atomic E-state index is 0.340. The summed E-state index contributed by atoms with van der Waals surface area (Å²) in [4.78, 5) is 4.14. The summed E-state index contributed by atoms with van der Waals surface area (Å²) in [6.07, 6.45) is 4.23. The molecule has 16 heavy (non-hydrogen) atoms. The number of fused-ring (bicyclic) bond motifs is 1. The van der Waals surface area contributed by atoms with Gasteiger partial charge in [0.2, 0.25) is 6.20 Å². The third kappa shape index (κ3) is 1.35. The maximum atomic E-state index is 11.2. The molecule has 6 nitrogen and oxygen atoms in total. The van der Waals surface area contributed by atoms with Gasteiger partial charge in [-0.25, -0.2) is 4.98 Å². The fourth-order valence-corrected chi connectivity index (χ4v) is 2.75. The molecule has 0 aromatic carbocycles. The Labute approximate surface area is 95.9 Å². The summed E-state index contributed by atoms with van der Waals surface area (Å²) in [6, 6.07) is 0.340. The van der Waals surface area contributed by atoms with Crippen molar-refractivity contribution in [3.05, 3.63) is 23.8 Å². The highest BCUT2D eigenvalue weighted by atomic mass is 32.2. The molecule has 3 heterocycles. The van der Waals surface area contributed by atoms with Crippen LogP contribution in [-0.4, -0.2) is 25.5 Å². The van der Waals surface area contributed by atoms with E-state index in [-0.39, 0.29) is 0 Å². The molecule has 82 valence electrons. The van der Waals surface area contributed by atoms with Crippen molar-refractivity contribution in [2.24, 2.45) is 0 Å². The van der Waals surface area contributed by atoms with E-state index in [1.165, 1.54) is 18.6 Å². The van der Waals surface area contributed by atoms with Gasteiger partial charge in [0, 0.05) is 11.8 Å². The van der Waals surface area contributed by atoms with Gasteiger partial charge in [-0.05, 0) is 6.92 Å². The average molecular weight is 235 g/mol. The van der Waals surface area contributed by atoms with Crippen molar-refractivity contribution < 1.29 is 4.73 Å². The lowest BCUT2D eigenvalue weighted by atomic mass is 10.3. The van der Waals surface area contributed by atoms with Crippen LogP contribution in [0.25, 0.3) is 11.5 Å². The van der Waals surface area contributed by atoms with E-state index in [1.807, 2.05) is 4.57 Å². The van der Waals surface area contributed by atoms with Crippen LogP contribution in [0.1, 0.15) is 13.0 Å². The molecule has 1 atom stereocenters. The van der Waals surface area contributed by atoms with Crippen LogP contribution in [0.15, 0.2) is 23.7 Å². The highest BCUT2D eigenvalue weighted by molar-refractivity contribution is 7.99. The molecule has 0 saturated carbocycles. The first-order valence-electron chi connectivity index (χ1n) is 4.88. The number of rotatable bonds is 1. The second-order valence-corrected chi connectivity index (χ2v) is 4.62. The molecule has 0 saturated heterocycles. The molecule has 0 N–H and O–H groups in total. The predicted molar refractivity (Wildman–Crippen MR) is 57.6 cm³/mol. The van der Waals surface area contributed by atoms with Crippen molar-refractivity contribution >= 4 is 11.8 Å². The molecule has 0 aliphatic carbocycles. The van der Waals surface area contributed by atoms with Gasteiger partial charge in [0.05, 0.1) is 6.20 Å². The number of hydrogen-bond acceptors (Lipinski definition) is 5. The quantitative estimate of drug-likeness (QED) is 0.536. The van der Waals surface area contributed by atoms with Gasteiger partial charge in [0.25, 0.3) is 0 Å². The first kappa shape index (κ1) is 9.59. The number of thioether (sulfide) groups is 1. The second-order valence-electron chi connectivity index (χ2n) is 3.64. The van der Waals surface area contributed by atoms with Gasteiger partial charge < -0.3 is 5.21 Å². The lowest BCUT2D eigenvalue weighted by Crippen LogP contribution is -2.25. The van der Waals surface area contributed by atoms with E-state index >= 15 is 0 Å². The number of hydrogen-bond donors (Lipinski definition) is 0. The Morgan fingerprint density at radius 1 is 1.56 bits per heavy atom. The highest BCUT2D eigenvalue weighted by Gasteiger charge is 2.26. The van der Waals surface area contributed by atoms with Crippen molar-refractivity contribution in [1.29, 1.82) is 0 Å². The Morgan fingerprint density at radius 2 is 2.44 bits per heavy atom. The van der Waals surface area contributed by atoms with Crippen LogP contribution < -0.4 is 4.73 Å². The third-order valence-corrected chi connectivity index (χ3v) is 3.65. The molecule has 7 heteroatoms.